The van der Waals surface area contributed by atoms with E-state index < -0.39 is 11.5 Å². The molecular weight excluding hydrogens is 452 g/mol. The molecule has 2 rings (SSSR count). The summed E-state index contributed by atoms with van der Waals surface area (Å²) >= 11 is 6.01. The van der Waals surface area contributed by atoms with Crippen LogP contribution in [-0.2, 0) is 19.1 Å². The minimum absolute atomic E-state index is 0.0270. The molecule has 0 spiro atoms. The van der Waals surface area contributed by atoms with Crippen molar-refractivity contribution in [3.63, 3.8) is 0 Å². The highest BCUT2D eigenvalue weighted by molar-refractivity contribution is 6.30. The summed E-state index contributed by atoms with van der Waals surface area (Å²) in [5, 5.41) is 11.5. The van der Waals surface area contributed by atoms with Crippen molar-refractivity contribution >= 4 is 29.4 Å². The minimum Gasteiger partial charge on any atom is -0.461 e. The number of aliphatic hydroxyl groups excluding tert-OH is 1. The Kier molecular flexibility index (Phi) is 11.0. The Bertz CT molecular complexity index is 955. The van der Waals surface area contributed by atoms with E-state index in [0.717, 1.165) is 5.56 Å². The van der Waals surface area contributed by atoms with E-state index in [2.05, 4.69) is 0 Å². The maximum atomic E-state index is 12.5. The second-order valence-corrected chi connectivity index (χ2v) is 9.66. The van der Waals surface area contributed by atoms with Gasteiger partial charge in [-0.3, -0.25) is 4.79 Å². The molecule has 1 aromatic carbocycles. The van der Waals surface area contributed by atoms with Crippen molar-refractivity contribution in [3.8, 4) is 0 Å². The van der Waals surface area contributed by atoms with Crippen molar-refractivity contribution in [1.29, 1.82) is 0 Å². The molecule has 1 aliphatic rings. The van der Waals surface area contributed by atoms with Gasteiger partial charge in [0.15, 0.2) is 5.78 Å². The van der Waals surface area contributed by atoms with Crippen molar-refractivity contribution < 1.29 is 24.2 Å². The van der Waals surface area contributed by atoms with Crippen LogP contribution in [0.25, 0.3) is 6.08 Å². The van der Waals surface area contributed by atoms with Gasteiger partial charge in [-0.05, 0) is 50.5 Å². The highest BCUT2D eigenvalue weighted by Crippen LogP contribution is 2.33. The smallest absolute Gasteiger partial charge is 0.332 e. The van der Waals surface area contributed by atoms with Gasteiger partial charge in [-0.2, -0.15) is 0 Å². The highest BCUT2D eigenvalue weighted by atomic mass is 35.5. The minimum atomic E-state index is -0.654. The SMILES string of the molecule is CC(C)OC(=O)COC/C=C\C[C@H]1C=CC(=O)/C1=C/C(C)(C)[C@@H](O)C/C=C\c1cccc(Cl)c1. The molecule has 1 aromatic rings. The number of ketones is 1. The van der Waals surface area contributed by atoms with Crippen LogP contribution in [0.5, 0.6) is 0 Å². The Balaban J connectivity index is 1.89. The lowest BCUT2D eigenvalue weighted by molar-refractivity contribution is -0.152. The number of allylic oxidation sites excluding steroid dienone is 4. The maximum absolute atomic E-state index is 12.5. The summed E-state index contributed by atoms with van der Waals surface area (Å²) in [4.78, 5) is 23.9. The molecule has 2 atom stereocenters. The summed E-state index contributed by atoms with van der Waals surface area (Å²) in [6, 6.07) is 7.51. The van der Waals surface area contributed by atoms with Crippen LogP contribution < -0.4 is 0 Å². The molecular formula is C28H35ClO5. The molecule has 0 bridgehead atoms. The lowest BCUT2D eigenvalue weighted by atomic mass is 9.80. The number of hydrogen-bond donors (Lipinski definition) is 1. The first-order valence-electron chi connectivity index (χ1n) is 11.6. The average Bonchev–Trinajstić information content (AvgIpc) is 3.09. The number of esters is 1. The molecule has 184 valence electrons. The van der Waals surface area contributed by atoms with Gasteiger partial charge in [0, 0.05) is 21.9 Å². The number of benzene rings is 1. The van der Waals surface area contributed by atoms with Gasteiger partial charge in [0.1, 0.15) is 6.61 Å². The van der Waals surface area contributed by atoms with E-state index in [1.54, 1.807) is 19.9 Å². The van der Waals surface area contributed by atoms with E-state index >= 15 is 0 Å². The van der Waals surface area contributed by atoms with Crippen molar-refractivity contribution in [2.45, 2.75) is 52.7 Å². The predicted molar refractivity (Wildman–Crippen MR) is 136 cm³/mol. The Hall–Kier alpha value is -2.47. The summed E-state index contributed by atoms with van der Waals surface area (Å²) in [7, 11) is 0. The Morgan fingerprint density at radius 1 is 1.24 bits per heavy atom. The molecule has 5 nitrogen and oxygen atoms in total. The maximum Gasteiger partial charge on any atom is 0.332 e. The number of carbonyl (C=O) groups excluding carboxylic acids is 2. The van der Waals surface area contributed by atoms with Crippen LogP contribution in [-0.4, -0.2) is 42.3 Å². The van der Waals surface area contributed by atoms with Gasteiger partial charge in [-0.25, -0.2) is 4.79 Å². The fourth-order valence-electron chi connectivity index (χ4n) is 3.53. The van der Waals surface area contributed by atoms with Crippen LogP contribution in [0, 0.1) is 11.3 Å². The zero-order chi connectivity index (χ0) is 25.1. The van der Waals surface area contributed by atoms with Gasteiger partial charge in [-0.1, -0.05) is 74.0 Å². The van der Waals surface area contributed by atoms with Crippen molar-refractivity contribution in [3.05, 3.63) is 76.9 Å². The molecule has 1 N–H and O–H groups in total. The Morgan fingerprint density at radius 3 is 2.71 bits per heavy atom. The first kappa shape index (κ1) is 27.8. The normalized spacial score (nSPS) is 18.6. The fourth-order valence-corrected chi connectivity index (χ4v) is 3.73. The van der Waals surface area contributed by atoms with Crippen molar-refractivity contribution in [1.82, 2.24) is 0 Å². The lowest BCUT2D eigenvalue weighted by Crippen LogP contribution is -2.28. The van der Waals surface area contributed by atoms with Gasteiger partial charge >= 0.3 is 5.97 Å². The molecule has 0 saturated carbocycles. The number of hydrogen-bond acceptors (Lipinski definition) is 5. The van der Waals surface area contributed by atoms with Gasteiger partial charge in [0.25, 0.3) is 0 Å². The zero-order valence-electron chi connectivity index (χ0n) is 20.4. The lowest BCUT2D eigenvalue weighted by Gasteiger charge is -2.28. The van der Waals surface area contributed by atoms with E-state index in [9.17, 15) is 14.7 Å². The van der Waals surface area contributed by atoms with E-state index in [-0.39, 0.29) is 30.4 Å². The first-order chi connectivity index (χ1) is 16.1. The summed E-state index contributed by atoms with van der Waals surface area (Å²) in [6.45, 7) is 7.64. The molecule has 0 fully saturated rings. The van der Waals surface area contributed by atoms with E-state index in [1.807, 2.05) is 74.6 Å². The third-order valence-electron chi connectivity index (χ3n) is 5.43. The van der Waals surface area contributed by atoms with Crippen LogP contribution in [0.3, 0.4) is 0 Å². The second-order valence-electron chi connectivity index (χ2n) is 9.22. The number of ether oxygens (including phenoxy) is 2. The predicted octanol–water partition coefficient (Wildman–Crippen LogP) is 5.73. The van der Waals surface area contributed by atoms with Crippen molar-refractivity contribution in [2.75, 3.05) is 13.2 Å². The first-order valence-corrected chi connectivity index (χ1v) is 11.9. The molecule has 0 aliphatic heterocycles. The van der Waals surface area contributed by atoms with E-state index in [0.29, 0.717) is 30.0 Å². The van der Waals surface area contributed by atoms with Gasteiger partial charge in [-0.15, -0.1) is 0 Å². The topological polar surface area (TPSA) is 72.8 Å². The molecule has 0 heterocycles. The number of rotatable bonds is 12. The Morgan fingerprint density at radius 2 is 2.00 bits per heavy atom. The van der Waals surface area contributed by atoms with Crippen LogP contribution in [0.4, 0.5) is 0 Å². The molecule has 0 unspecified atom stereocenters. The zero-order valence-corrected chi connectivity index (χ0v) is 21.1. The molecule has 0 amide bonds. The Labute approximate surface area is 207 Å². The second kappa shape index (κ2) is 13.4. The van der Waals surface area contributed by atoms with Gasteiger partial charge in [0.2, 0.25) is 0 Å². The standard InChI is InChI=1S/C28H35ClO5/c1-20(2)34-27(32)19-33-16-6-5-11-22-14-15-25(30)24(22)18-28(3,4)26(31)13-8-10-21-9-7-12-23(29)17-21/h5-10,12,14-15,17-18,20,22,26,31H,11,13,16,19H2,1-4H3/b6-5-,10-8-,24-18+/t22-,26-/m0/s1. The molecule has 6 heteroatoms. The number of halogens is 1. The average molecular weight is 487 g/mol. The number of carbonyl (C=O) groups is 2. The molecule has 0 aromatic heterocycles. The van der Waals surface area contributed by atoms with Crippen LogP contribution in [0.2, 0.25) is 5.02 Å². The fraction of sp³-hybridized carbons (Fsp3) is 0.429. The van der Waals surface area contributed by atoms with E-state index in [1.165, 1.54) is 0 Å². The van der Waals surface area contributed by atoms with Crippen LogP contribution >= 0.6 is 11.6 Å². The molecule has 0 saturated heterocycles. The largest absolute Gasteiger partial charge is 0.461 e. The van der Waals surface area contributed by atoms with Gasteiger partial charge < -0.3 is 14.6 Å². The molecule has 34 heavy (non-hydrogen) atoms. The third kappa shape index (κ3) is 9.41. The quantitative estimate of drug-likeness (QED) is 0.177. The summed E-state index contributed by atoms with van der Waals surface area (Å²) in [5.41, 5.74) is 1.07. The third-order valence-corrected chi connectivity index (χ3v) is 5.66. The highest BCUT2D eigenvalue weighted by Gasteiger charge is 2.30. The molecule has 0 radical (unpaired) electrons. The van der Waals surface area contributed by atoms with Crippen molar-refractivity contribution in [2.24, 2.45) is 11.3 Å². The molecule has 1 aliphatic carbocycles. The number of aliphatic hydroxyl groups is 1. The monoisotopic (exact) mass is 486 g/mol. The summed E-state index contributed by atoms with van der Waals surface area (Å²) in [6.07, 6.45) is 13.3. The van der Waals surface area contributed by atoms with E-state index in [4.69, 9.17) is 21.1 Å². The van der Waals surface area contributed by atoms with Crippen LogP contribution in [0.1, 0.15) is 46.1 Å². The summed E-state index contributed by atoms with van der Waals surface area (Å²) in [5.74, 6) is -0.467. The van der Waals surface area contributed by atoms with Crippen LogP contribution in [0.15, 0.2) is 66.3 Å². The summed E-state index contributed by atoms with van der Waals surface area (Å²) < 4.78 is 10.3. The van der Waals surface area contributed by atoms with Gasteiger partial charge in [0.05, 0.1) is 18.8 Å².